The van der Waals surface area contributed by atoms with Gasteiger partial charge in [0, 0.05) is 12.6 Å². The smallest absolute Gasteiger partial charge is 0.0243 e. The number of rotatable bonds is 6. The van der Waals surface area contributed by atoms with Gasteiger partial charge in [0.1, 0.15) is 0 Å². The summed E-state index contributed by atoms with van der Waals surface area (Å²) in [5, 5.41) is 3.66. The highest BCUT2D eigenvalue weighted by molar-refractivity contribution is 4.80. The molecule has 0 spiro atoms. The summed E-state index contributed by atoms with van der Waals surface area (Å²) in [4.78, 5) is 2.68. The summed E-state index contributed by atoms with van der Waals surface area (Å²) in [5.74, 6) is 0.759. The molecule has 0 radical (unpaired) electrons. The van der Waals surface area contributed by atoms with Crippen molar-refractivity contribution in [1.82, 2.24) is 10.2 Å². The molecule has 0 bridgehead atoms. The van der Waals surface area contributed by atoms with Crippen LogP contribution >= 0.6 is 0 Å². The van der Waals surface area contributed by atoms with Crippen LogP contribution in [0.4, 0.5) is 0 Å². The largest absolute Gasteiger partial charge is 0.315 e. The van der Waals surface area contributed by atoms with Crippen molar-refractivity contribution in [1.29, 1.82) is 0 Å². The van der Waals surface area contributed by atoms with E-state index in [0.29, 0.717) is 5.41 Å². The van der Waals surface area contributed by atoms with E-state index in [4.69, 9.17) is 0 Å². The molecule has 2 heteroatoms. The van der Waals surface area contributed by atoms with Crippen molar-refractivity contribution in [3.05, 3.63) is 0 Å². The lowest BCUT2D eigenvalue weighted by Crippen LogP contribution is -2.44. The van der Waals surface area contributed by atoms with Crippen molar-refractivity contribution in [2.45, 2.75) is 59.9 Å². The van der Waals surface area contributed by atoms with Crippen molar-refractivity contribution >= 4 is 0 Å². The van der Waals surface area contributed by atoms with Crippen molar-refractivity contribution < 1.29 is 0 Å². The molecule has 2 nitrogen and oxygen atoms in total. The van der Waals surface area contributed by atoms with Gasteiger partial charge >= 0.3 is 0 Å². The molecule has 1 saturated heterocycles. The van der Waals surface area contributed by atoms with E-state index < -0.39 is 0 Å². The van der Waals surface area contributed by atoms with Gasteiger partial charge in [-0.1, -0.05) is 34.6 Å². The van der Waals surface area contributed by atoms with Gasteiger partial charge in [0.05, 0.1) is 0 Å². The summed E-state index contributed by atoms with van der Waals surface area (Å²) in [5.41, 5.74) is 0.452. The van der Waals surface area contributed by atoms with Gasteiger partial charge in [-0.2, -0.15) is 0 Å². The quantitative estimate of drug-likeness (QED) is 0.718. The van der Waals surface area contributed by atoms with Crippen LogP contribution < -0.4 is 5.32 Å². The molecule has 1 fully saturated rings. The molecule has 1 atom stereocenters. The van der Waals surface area contributed by atoms with E-state index in [1.165, 1.54) is 32.4 Å². The molecule has 1 aliphatic rings. The molecule has 0 aromatic rings. The maximum Gasteiger partial charge on any atom is 0.0243 e. The molecule has 0 amide bonds. The average molecular weight is 240 g/mol. The summed E-state index contributed by atoms with van der Waals surface area (Å²) in [6.45, 7) is 16.6. The van der Waals surface area contributed by atoms with E-state index in [0.717, 1.165) is 25.0 Å². The lowest BCUT2D eigenvalue weighted by molar-refractivity contribution is 0.185. The average Bonchev–Trinajstić information content (AvgIpc) is 2.68. The number of nitrogens with one attached hydrogen (secondary N) is 1. The van der Waals surface area contributed by atoms with Crippen LogP contribution in [0.2, 0.25) is 0 Å². The lowest BCUT2D eigenvalue weighted by Gasteiger charge is -2.31. The molecule has 0 aromatic carbocycles. The van der Waals surface area contributed by atoms with Crippen LogP contribution in [-0.2, 0) is 0 Å². The third-order valence-corrected chi connectivity index (χ3v) is 3.78. The molecular formula is C15H32N2. The molecule has 17 heavy (non-hydrogen) atoms. The highest BCUT2D eigenvalue weighted by Gasteiger charge is 2.24. The molecule has 1 rings (SSSR count). The fourth-order valence-electron chi connectivity index (χ4n) is 2.57. The summed E-state index contributed by atoms with van der Waals surface area (Å²) in [7, 11) is 0. The summed E-state index contributed by atoms with van der Waals surface area (Å²) in [6.07, 6.45) is 4.05. The molecule has 0 aromatic heterocycles. The Balaban J connectivity index is 2.25. The standard InChI is InChI=1S/C15H32N2/c1-13(2)14(17-10-6-7-11-17)12-16-9-8-15(3,4)5/h13-14,16H,6-12H2,1-5H3. The molecule has 0 aliphatic carbocycles. The van der Waals surface area contributed by atoms with E-state index in [-0.39, 0.29) is 0 Å². The van der Waals surface area contributed by atoms with Gasteiger partial charge in [-0.05, 0) is 50.2 Å². The minimum absolute atomic E-state index is 0.452. The number of nitrogens with zero attached hydrogens (tertiary/aromatic N) is 1. The monoisotopic (exact) mass is 240 g/mol. The Kier molecular flexibility index (Phi) is 5.94. The van der Waals surface area contributed by atoms with E-state index in [1.807, 2.05) is 0 Å². The van der Waals surface area contributed by atoms with E-state index in [1.54, 1.807) is 0 Å². The van der Waals surface area contributed by atoms with Crippen LogP contribution in [0.1, 0.15) is 53.9 Å². The van der Waals surface area contributed by atoms with Crippen LogP contribution in [0, 0.1) is 11.3 Å². The SMILES string of the molecule is CC(C)C(CNCCC(C)(C)C)N1CCCC1. The second kappa shape index (κ2) is 6.75. The third-order valence-electron chi connectivity index (χ3n) is 3.78. The molecule has 0 saturated carbocycles. The van der Waals surface area contributed by atoms with Crippen molar-refractivity contribution in [2.75, 3.05) is 26.2 Å². The maximum atomic E-state index is 3.66. The number of hydrogen-bond acceptors (Lipinski definition) is 2. The van der Waals surface area contributed by atoms with Crippen LogP contribution in [0.25, 0.3) is 0 Å². The Morgan fingerprint density at radius 1 is 1.12 bits per heavy atom. The topological polar surface area (TPSA) is 15.3 Å². The molecule has 1 N–H and O–H groups in total. The molecular weight excluding hydrogens is 208 g/mol. The highest BCUT2D eigenvalue weighted by Crippen LogP contribution is 2.19. The zero-order chi connectivity index (χ0) is 12.9. The van der Waals surface area contributed by atoms with Gasteiger partial charge in [-0.15, -0.1) is 0 Å². The Morgan fingerprint density at radius 3 is 2.18 bits per heavy atom. The molecule has 1 heterocycles. The van der Waals surface area contributed by atoms with Crippen molar-refractivity contribution in [3.63, 3.8) is 0 Å². The Bertz CT molecular complexity index is 199. The lowest BCUT2D eigenvalue weighted by atomic mass is 9.92. The highest BCUT2D eigenvalue weighted by atomic mass is 15.2. The van der Waals surface area contributed by atoms with Gasteiger partial charge in [0.15, 0.2) is 0 Å². The van der Waals surface area contributed by atoms with Gasteiger partial charge in [0.25, 0.3) is 0 Å². The summed E-state index contributed by atoms with van der Waals surface area (Å²) >= 11 is 0. The third kappa shape index (κ3) is 5.87. The molecule has 102 valence electrons. The zero-order valence-electron chi connectivity index (χ0n) is 12.6. The van der Waals surface area contributed by atoms with Gasteiger partial charge < -0.3 is 5.32 Å². The maximum absolute atomic E-state index is 3.66. The number of likely N-dealkylation sites (tertiary alicyclic amines) is 1. The Labute approximate surface area is 108 Å². The minimum atomic E-state index is 0.452. The first kappa shape index (κ1) is 15.0. The predicted octanol–water partition coefficient (Wildman–Crippen LogP) is 3.13. The minimum Gasteiger partial charge on any atom is -0.315 e. The first-order valence-electron chi connectivity index (χ1n) is 7.35. The van der Waals surface area contributed by atoms with Gasteiger partial charge in [-0.3, -0.25) is 4.90 Å². The summed E-state index contributed by atoms with van der Waals surface area (Å²) < 4.78 is 0. The van der Waals surface area contributed by atoms with Crippen LogP contribution in [0.3, 0.4) is 0 Å². The van der Waals surface area contributed by atoms with Gasteiger partial charge in [0.2, 0.25) is 0 Å². The van der Waals surface area contributed by atoms with E-state index in [9.17, 15) is 0 Å². The molecule has 1 aliphatic heterocycles. The van der Waals surface area contributed by atoms with Gasteiger partial charge in [-0.25, -0.2) is 0 Å². The second-order valence-corrected chi connectivity index (χ2v) is 7.07. The number of hydrogen-bond donors (Lipinski definition) is 1. The fraction of sp³-hybridized carbons (Fsp3) is 1.00. The van der Waals surface area contributed by atoms with Crippen molar-refractivity contribution in [2.24, 2.45) is 11.3 Å². The normalized spacial score (nSPS) is 20.1. The van der Waals surface area contributed by atoms with Crippen LogP contribution in [0.5, 0.6) is 0 Å². The van der Waals surface area contributed by atoms with E-state index in [2.05, 4.69) is 44.8 Å². The molecule has 1 unspecified atom stereocenters. The van der Waals surface area contributed by atoms with E-state index >= 15 is 0 Å². The second-order valence-electron chi connectivity index (χ2n) is 7.07. The predicted molar refractivity (Wildman–Crippen MR) is 76.4 cm³/mol. The van der Waals surface area contributed by atoms with Crippen LogP contribution in [0.15, 0.2) is 0 Å². The fourth-order valence-corrected chi connectivity index (χ4v) is 2.57. The Hall–Kier alpha value is -0.0800. The van der Waals surface area contributed by atoms with Crippen LogP contribution in [-0.4, -0.2) is 37.1 Å². The Morgan fingerprint density at radius 2 is 1.71 bits per heavy atom. The summed E-state index contributed by atoms with van der Waals surface area (Å²) in [6, 6.07) is 0.734. The van der Waals surface area contributed by atoms with Crippen molar-refractivity contribution in [3.8, 4) is 0 Å². The zero-order valence-corrected chi connectivity index (χ0v) is 12.6. The first-order chi connectivity index (χ1) is 7.90. The first-order valence-corrected chi connectivity index (χ1v) is 7.35.